The van der Waals surface area contributed by atoms with Crippen molar-refractivity contribution < 1.29 is 4.11 Å². The molecule has 3 nitrogen and oxygen atoms in total. The van der Waals surface area contributed by atoms with E-state index in [1.165, 1.54) is 0 Å². The lowest BCUT2D eigenvalue weighted by atomic mass is 10.3. The number of hydrogen-bond donors (Lipinski definition) is 1. The van der Waals surface area contributed by atoms with Crippen LogP contribution in [-0.4, -0.2) is 15.2 Å². The smallest absolute Gasteiger partial charge is 0.108 e. The van der Waals surface area contributed by atoms with E-state index < -0.39 is 0 Å². The molecule has 0 saturated carbocycles. The number of hydrogen-bond acceptors (Lipinski definition) is 2. The van der Waals surface area contributed by atoms with Crippen LogP contribution in [0.1, 0.15) is 4.11 Å². The highest BCUT2D eigenvalue weighted by Gasteiger charge is 2.06. The van der Waals surface area contributed by atoms with Gasteiger partial charge >= 0.3 is 0 Å². The fourth-order valence-corrected chi connectivity index (χ4v) is 1.06. The molecule has 0 aromatic carbocycles. The number of halogens is 1. The molecular weight excluding hydrogens is 194 g/mol. The quantitative estimate of drug-likeness (QED) is 0.704. The van der Waals surface area contributed by atoms with E-state index in [9.17, 15) is 0 Å². The van der Waals surface area contributed by atoms with Crippen LogP contribution in [0.5, 0.6) is 0 Å². The molecule has 2 rings (SSSR count). The Bertz CT molecular complexity index is 441. The van der Waals surface area contributed by atoms with Gasteiger partial charge in [-0.05, 0) is 22.0 Å². The fraction of sp³-hybridized carbons (Fsp3) is 0. The van der Waals surface area contributed by atoms with Crippen LogP contribution >= 0.6 is 15.9 Å². The molecular formula is C6H4BrN3. The van der Waals surface area contributed by atoms with Crippen molar-refractivity contribution in [3.8, 4) is 11.3 Å². The van der Waals surface area contributed by atoms with Gasteiger partial charge in [0.15, 0.2) is 0 Å². The molecule has 0 spiro atoms. The Hall–Kier alpha value is -0.900. The van der Waals surface area contributed by atoms with Crippen LogP contribution in [0.4, 0.5) is 0 Å². The molecule has 0 unspecified atom stereocenters. The summed E-state index contributed by atoms with van der Waals surface area (Å²) in [5, 5.41) is 6.16. The van der Waals surface area contributed by atoms with E-state index in [1.807, 2.05) is 0 Å². The number of H-pyrrole nitrogens is 1. The molecule has 0 aromatic rings. The lowest BCUT2D eigenvalue weighted by Crippen LogP contribution is -1.86. The van der Waals surface area contributed by atoms with Crippen molar-refractivity contribution in [3.05, 3.63) is 23.0 Å². The highest BCUT2D eigenvalue weighted by atomic mass is 79.9. The highest BCUT2D eigenvalue weighted by Crippen LogP contribution is 2.24. The second-order valence-electron chi connectivity index (χ2n) is 1.72. The maximum Gasteiger partial charge on any atom is 0.108 e. The van der Waals surface area contributed by atoms with Gasteiger partial charge in [0, 0.05) is 11.7 Å². The summed E-state index contributed by atoms with van der Waals surface area (Å²) in [6.07, 6.45) is -0.184. The largest absolute Gasteiger partial charge is 0.271 e. The summed E-state index contributed by atoms with van der Waals surface area (Å²) < 4.78 is 22.7. The van der Waals surface area contributed by atoms with Crippen molar-refractivity contribution >= 4 is 15.9 Å². The second kappa shape index (κ2) is 2.05. The summed E-state index contributed by atoms with van der Waals surface area (Å²) in [6.45, 7) is 0. The standard InChI is InChI=1S/C6H4BrN3/c7-6-4-1-2-8-5(4)3-9-10-6/h1-3,10H/i1D,2D,3D. The zero-order valence-electron chi connectivity index (χ0n) is 7.77. The molecule has 0 bridgehead atoms. The summed E-state index contributed by atoms with van der Waals surface area (Å²) in [5.41, 5.74) is 0.714. The maximum absolute atomic E-state index is 7.49. The minimum atomic E-state index is -0.134. The van der Waals surface area contributed by atoms with Gasteiger partial charge in [0.2, 0.25) is 0 Å². The third-order valence-electron chi connectivity index (χ3n) is 1.12. The van der Waals surface area contributed by atoms with Gasteiger partial charge in [0.25, 0.3) is 0 Å². The lowest BCUT2D eigenvalue weighted by molar-refractivity contribution is 1.00. The van der Waals surface area contributed by atoms with Gasteiger partial charge in [-0.1, -0.05) is 0 Å². The van der Waals surface area contributed by atoms with Crippen molar-refractivity contribution in [1.82, 2.24) is 15.2 Å². The van der Waals surface area contributed by atoms with E-state index in [1.54, 1.807) is 0 Å². The number of fused-ring (bicyclic) bond motifs is 1. The molecule has 0 saturated heterocycles. The molecule has 10 heavy (non-hydrogen) atoms. The van der Waals surface area contributed by atoms with Crippen LogP contribution in [0, 0.1) is 0 Å². The van der Waals surface area contributed by atoms with E-state index in [0.29, 0.717) is 10.2 Å². The first-order valence-corrected chi connectivity index (χ1v) is 3.38. The number of nitrogens with one attached hydrogen (secondary N) is 1. The molecule has 0 aliphatic carbocycles. The van der Waals surface area contributed by atoms with Gasteiger partial charge in [-0.2, -0.15) is 5.10 Å². The Balaban J connectivity index is 2.88. The molecule has 0 aromatic heterocycles. The Kier molecular flexibility index (Phi) is 0.715. The third kappa shape index (κ3) is 0.724. The van der Waals surface area contributed by atoms with Gasteiger partial charge in [-0.3, -0.25) is 10.1 Å². The van der Waals surface area contributed by atoms with E-state index in [4.69, 9.17) is 4.11 Å². The van der Waals surface area contributed by atoms with E-state index in [-0.39, 0.29) is 24.1 Å². The minimum absolute atomic E-state index is 0.00836. The Morgan fingerprint density at radius 2 is 2.60 bits per heavy atom. The Morgan fingerprint density at radius 3 is 3.40 bits per heavy atom. The van der Waals surface area contributed by atoms with Crippen molar-refractivity contribution in [2.45, 2.75) is 0 Å². The predicted octanol–water partition coefficient (Wildman–Crippen LogP) is 1.67. The summed E-state index contributed by atoms with van der Waals surface area (Å²) in [4.78, 5) is 3.75. The summed E-state index contributed by atoms with van der Waals surface area (Å²) in [5.74, 6) is 0. The third-order valence-corrected chi connectivity index (χ3v) is 1.69. The van der Waals surface area contributed by atoms with Gasteiger partial charge in [-0.15, -0.1) is 0 Å². The molecule has 2 aliphatic rings. The molecule has 0 amide bonds. The van der Waals surface area contributed by atoms with Gasteiger partial charge in [0.1, 0.15) is 4.60 Å². The van der Waals surface area contributed by atoms with Crippen LogP contribution in [0.15, 0.2) is 23.0 Å². The highest BCUT2D eigenvalue weighted by molar-refractivity contribution is 9.10. The summed E-state index contributed by atoms with van der Waals surface area (Å²) in [6, 6.07) is 0.00836. The minimum Gasteiger partial charge on any atom is -0.271 e. The van der Waals surface area contributed by atoms with Crippen molar-refractivity contribution in [2.24, 2.45) is 0 Å². The predicted molar refractivity (Wildman–Crippen MR) is 40.7 cm³/mol. The molecule has 2 aliphatic heterocycles. The molecule has 0 fully saturated rings. The van der Waals surface area contributed by atoms with Crippen LogP contribution in [-0.2, 0) is 0 Å². The van der Waals surface area contributed by atoms with Crippen molar-refractivity contribution in [2.75, 3.05) is 0 Å². The van der Waals surface area contributed by atoms with Crippen molar-refractivity contribution in [1.29, 1.82) is 0 Å². The topological polar surface area (TPSA) is 41.6 Å². The molecule has 4 heteroatoms. The molecule has 0 radical (unpaired) electrons. The van der Waals surface area contributed by atoms with E-state index in [2.05, 4.69) is 31.1 Å². The zero-order chi connectivity index (χ0) is 9.59. The fourth-order valence-electron chi connectivity index (χ4n) is 0.680. The summed E-state index contributed by atoms with van der Waals surface area (Å²) >= 11 is 3.15. The van der Waals surface area contributed by atoms with E-state index in [0.717, 1.165) is 0 Å². The van der Waals surface area contributed by atoms with Gasteiger partial charge in [0.05, 0.1) is 16.0 Å². The molecule has 50 valence electrons. The van der Waals surface area contributed by atoms with E-state index >= 15 is 0 Å². The Labute approximate surface area is 70.2 Å². The average Bonchev–Trinajstić information content (AvgIpc) is 2.38. The zero-order valence-corrected chi connectivity index (χ0v) is 6.36. The number of nitrogens with zero attached hydrogens (tertiary/aromatic N) is 2. The second-order valence-corrected chi connectivity index (χ2v) is 2.51. The molecule has 1 N–H and O–H groups in total. The first-order valence-electron chi connectivity index (χ1n) is 4.08. The monoisotopic (exact) mass is 200 g/mol. The SMILES string of the molecule is [2H]c1n[nH]c(Br)c2c([2H])c([2H])nc1-2. The van der Waals surface area contributed by atoms with Gasteiger partial charge < -0.3 is 0 Å². The van der Waals surface area contributed by atoms with Crippen LogP contribution in [0.3, 0.4) is 0 Å². The van der Waals surface area contributed by atoms with Gasteiger partial charge in [-0.25, -0.2) is 0 Å². The average molecular weight is 201 g/mol. The van der Waals surface area contributed by atoms with Crippen molar-refractivity contribution in [3.63, 3.8) is 0 Å². The molecule has 2 heterocycles. The normalized spacial score (nSPS) is 14.7. The first-order chi connectivity index (χ1) is 6.11. The summed E-state index contributed by atoms with van der Waals surface area (Å²) in [7, 11) is 0. The van der Waals surface area contributed by atoms with Crippen LogP contribution in [0.25, 0.3) is 11.3 Å². The number of aromatic nitrogens is 3. The van der Waals surface area contributed by atoms with Crippen LogP contribution in [0.2, 0.25) is 0 Å². The first kappa shape index (κ1) is 3.48. The number of aromatic amines is 1. The van der Waals surface area contributed by atoms with Crippen LogP contribution < -0.4 is 0 Å². The maximum atomic E-state index is 7.49. The number of rotatable bonds is 0. The lowest BCUT2D eigenvalue weighted by Gasteiger charge is -1.96. The molecule has 0 atom stereocenters. The Morgan fingerprint density at radius 1 is 1.70 bits per heavy atom.